The summed E-state index contributed by atoms with van der Waals surface area (Å²) in [5, 5.41) is 9.34. The SMILES string of the molecule is Cc1cccc(-c2ccc(C3CCc4ccc([C@@H](CC(=O)O)C5CC5)cc4O3)cc2)n1. The van der Waals surface area contributed by atoms with Crippen molar-refractivity contribution in [3.05, 3.63) is 83.0 Å². The van der Waals surface area contributed by atoms with E-state index in [1.165, 1.54) is 5.56 Å². The van der Waals surface area contributed by atoms with E-state index in [1.54, 1.807) is 0 Å². The van der Waals surface area contributed by atoms with Gasteiger partial charge < -0.3 is 9.84 Å². The van der Waals surface area contributed by atoms with E-state index >= 15 is 0 Å². The summed E-state index contributed by atoms with van der Waals surface area (Å²) in [6, 6.07) is 20.9. The summed E-state index contributed by atoms with van der Waals surface area (Å²) in [6.07, 6.45) is 4.37. The Balaban J connectivity index is 1.35. The van der Waals surface area contributed by atoms with E-state index < -0.39 is 5.97 Å². The molecule has 1 aliphatic carbocycles. The molecule has 1 fully saturated rings. The standard InChI is InChI=1S/C27H27NO3/c1-17-3-2-4-24(28-17)19-7-9-20(10-8-19)25-14-13-21-11-12-22(15-26(21)31-25)23(16-27(29)30)18-5-6-18/h2-4,7-12,15,18,23,25H,5-6,13-14,16H2,1H3,(H,29,30)/t23-,25?/m0/s1. The van der Waals surface area contributed by atoms with Crippen LogP contribution in [0.15, 0.2) is 60.7 Å². The quantitative estimate of drug-likeness (QED) is 0.531. The van der Waals surface area contributed by atoms with Crippen LogP contribution in [0.5, 0.6) is 5.75 Å². The number of nitrogens with zero attached hydrogens (tertiary/aromatic N) is 1. The first-order valence-corrected chi connectivity index (χ1v) is 11.1. The lowest BCUT2D eigenvalue weighted by molar-refractivity contribution is -0.137. The summed E-state index contributed by atoms with van der Waals surface area (Å²) in [5.74, 6) is 0.773. The number of carbonyl (C=O) groups is 1. The predicted molar refractivity (Wildman–Crippen MR) is 120 cm³/mol. The van der Waals surface area contributed by atoms with E-state index in [1.807, 2.05) is 25.1 Å². The van der Waals surface area contributed by atoms with Gasteiger partial charge in [-0.05, 0) is 79.3 Å². The molecule has 5 rings (SSSR count). The number of rotatable bonds is 6. The summed E-state index contributed by atoms with van der Waals surface area (Å²) < 4.78 is 6.42. The smallest absolute Gasteiger partial charge is 0.303 e. The normalized spacial score (nSPS) is 18.7. The Hall–Kier alpha value is -3.14. The molecule has 158 valence electrons. The van der Waals surface area contributed by atoms with Gasteiger partial charge in [-0.2, -0.15) is 0 Å². The second kappa shape index (κ2) is 8.18. The molecule has 2 aromatic carbocycles. The number of aromatic nitrogens is 1. The maximum atomic E-state index is 11.4. The van der Waals surface area contributed by atoms with Gasteiger partial charge in [0.05, 0.1) is 12.1 Å². The van der Waals surface area contributed by atoms with Gasteiger partial charge in [0.2, 0.25) is 0 Å². The molecule has 2 aliphatic rings. The molecule has 2 atom stereocenters. The fraction of sp³-hybridized carbons (Fsp3) is 0.333. The van der Waals surface area contributed by atoms with Crippen molar-refractivity contribution in [3.8, 4) is 17.0 Å². The maximum Gasteiger partial charge on any atom is 0.303 e. The molecular formula is C27H27NO3. The van der Waals surface area contributed by atoms with Crippen molar-refractivity contribution in [1.29, 1.82) is 0 Å². The van der Waals surface area contributed by atoms with Crippen LogP contribution in [0.1, 0.15) is 60.1 Å². The molecule has 3 aromatic rings. The van der Waals surface area contributed by atoms with Gasteiger partial charge in [0, 0.05) is 11.3 Å². The summed E-state index contributed by atoms with van der Waals surface area (Å²) in [5.41, 5.74) is 6.58. The van der Waals surface area contributed by atoms with Crippen molar-refractivity contribution in [2.45, 2.75) is 51.0 Å². The van der Waals surface area contributed by atoms with E-state index in [4.69, 9.17) is 4.74 Å². The first-order chi connectivity index (χ1) is 15.1. The van der Waals surface area contributed by atoms with Crippen molar-refractivity contribution < 1.29 is 14.6 Å². The van der Waals surface area contributed by atoms with Crippen LogP contribution in [0.25, 0.3) is 11.3 Å². The van der Waals surface area contributed by atoms with Gasteiger partial charge >= 0.3 is 5.97 Å². The molecule has 1 aliphatic heterocycles. The molecule has 1 aromatic heterocycles. The Kier molecular flexibility index (Phi) is 5.23. The Labute approximate surface area is 182 Å². The van der Waals surface area contributed by atoms with E-state index in [2.05, 4.69) is 47.4 Å². The van der Waals surface area contributed by atoms with Gasteiger partial charge in [-0.15, -0.1) is 0 Å². The number of benzene rings is 2. The summed E-state index contributed by atoms with van der Waals surface area (Å²) >= 11 is 0. The first kappa shape index (κ1) is 19.8. The average molecular weight is 414 g/mol. The highest BCUT2D eigenvalue weighted by Gasteiger charge is 2.34. The zero-order chi connectivity index (χ0) is 21.4. The summed E-state index contributed by atoms with van der Waals surface area (Å²) in [7, 11) is 0. The Morgan fingerprint density at radius 3 is 2.61 bits per heavy atom. The molecule has 0 spiro atoms. The van der Waals surface area contributed by atoms with Crippen LogP contribution < -0.4 is 4.74 Å². The van der Waals surface area contributed by atoms with E-state index in [0.717, 1.165) is 59.5 Å². The van der Waals surface area contributed by atoms with Crippen LogP contribution in [-0.2, 0) is 11.2 Å². The third kappa shape index (κ3) is 4.34. The fourth-order valence-electron chi connectivity index (χ4n) is 4.67. The minimum Gasteiger partial charge on any atom is -0.485 e. The number of fused-ring (bicyclic) bond motifs is 1. The highest BCUT2D eigenvalue weighted by molar-refractivity contribution is 5.68. The zero-order valence-electron chi connectivity index (χ0n) is 17.8. The molecule has 31 heavy (non-hydrogen) atoms. The monoisotopic (exact) mass is 413 g/mol. The number of aliphatic carboxylic acids is 1. The largest absolute Gasteiger partial charge is 0.485 e. The zero-order valence-corrected chi connectivity index (χ0v) is 17.8. The van der Waals surface area contributed by atoms with Gasteiger partial charge in [-0.3, -0.25) is 9.78 Å². The van der Waals surface area contributed by atoms with Crippen molar-refractivity contribution in [2.24, 2.45) is 5.92 Å². The Bertz CT molecular complexity index is 1100. The molecule has 1 saturated carbocycles. The summed E-state index contributed by atoms with van der Waals surface area (Å²) in [4.78, 5) is 16.0. The lowest BCUT2D eigenvalue weighted by atomic mass is 9.88. The number of pyridine rings is 1. The van der Waals surface area contributed by atoms with Crippen LogP contribution >= 0.6 is 0 Å². The van der Waals surface area contributed by atoms with Gasteiger partial charge in [0.1, 0.15) is 11.9 Å². The number of aryl methyl sites for hydroxylation is 2. The molecule has 4 nitrogen and oxygen atoms in total. The molecule has 1 N–H and O–H groups in total. The van der Waals surface area contributed by atoms with Crippen molar-refractivity contribution in [1.82, 2.24) is 4.98 Å². The van der Waals surface area contributed by atoms with E-state index in [9.17, 15) is 9.90 Å². The number of ether oxygens (including phenoxy) is 1. The van der Waals surface area contributed by atoms with Gasteiger partial charge in [-0.25, -0.2) is 0 Å². The topological polar surface area (TPSA) is 59.4 Å². The Morgan fingerprint density at radius 2 is 1.90 bits per heavy atom. The van der Waals surface area contributed by atoms with Crippen LogP contribution in [0.4, 0.5) is 0 Å². The molecule has 0 bridgehead atoms. The molecule has 0 saturated heterocycles. The molecule has 0 amide bonds. The van der Waals surface area contributed by atoms with Crippen molar-refractivity contribution in [3.63, 3.8) is 0 Å². The van der Waals surface area contributed by atoms with Gasteiger partial charge in [-0.1, -0.05) is 42.5 Å². The third-order valence-corrected chi connectivity index (χ3v) is 6.52. The predicted octanol–water partition coefficient (Wildman–Crippen LogP) is 6.09. The highest BCUT2D eigenvalue weighted by Crippen LogP contribution is 2.46. The molecule has 4 heteroatoms. The second-order valence-electron chi connectivity index (χ2n) is 8.84. The van der Waals surface area contributed by atoms with Crippen LogP contribution in [0, 0.1) is 12.8 Å². The minimum absolute atomic E-state index is 0.0149. The number of hydrogen-bond donors (Lipinski definition) is 1. The Morgan fingerprint density at radius 1 is 1.10 bits per heavy atom. The molecule has 0 radical (unpaired) electrons. The second-order valence-corrected chi connectivity index (χ2v) is 8.84. The lowest BCUT2D eigenvalue weighted by Gasteiger charge is -2.28. The maximum absolute atomic E-state index is 11.4. The van der Waals surface area contributed by atoms with Crippen LogP contribution in [0.2, 0.25) is 0 Å². The molecule has 2 heterocycles. The van der Waals surface area contributed by atoms with Crippen LogP contribution in [0.3, 0.4) is 0 Å². The van der Waals surface area contributed by atoms with Gasteiger partial charge in [0.25, 0.3) is 0 Å². The van der Waals surface area contributed by atoms with Crippen LogP contribution in [-0.4, -0.2) is 16.1 Å². The number of hydrogen-bond acceptors (Lipinski definition) is 3. The van der Waals surface area contributed by atoms with Crippen molar-refractivity contribution in [2.75, 3.05) is 0 Å². The molecular weight excluding hydrogens is 386 g/mol. The van der Waals surface area contributed by atoms with E-state index in [-0.39, 0.29) is 18.4 Å². The first-order valence-electron chi connectivity index (χ1n) is 11.1. The number of carboxylic acid groups (broad SMARTS) is 1. The minimum atomic E-state index is -0.725. The van der Waals surface area contributed by atoms with E-state index in [0.29, 0.717) is 5.92 Å². The average Bonchev–Trinajstić information content (AvgIpc) is 3.62. The third-order valence-electron chi connectivity index (χ3n) is 6.52. The molecule has 1 unspecified atom stereocenters. The van der Waals surface area contributed by atoms with Crippen molar-refractivity contribution >= 4 is 5.97 Å². The fourth-order valence-corrected chi connectivity index (χ4v) is 4.67. The number of carboxylic acids is 1. The lowest BCUT2D eigenvalue weighted by Crippen LogP contribution is -2.16. The highest BCUT2D eigenvalue weighted by atomic mass is 16.5. The summed E-state index contributed by atoms with van der Waals surface area (Å²) in [6.45, 7) is 2.00. The van der Waals surface area contributed by atoms with Gasteiger partial charge in [0.15, 0.2) is 0 Å².